The van der Waals surface area contributed by atoms with Crippen LogP contribution in [0.5, 0.6) is 0 Å². The van der Waals surface area contributed by atoms with E-state index in [0.29, 0.717) is 0 Å². The summed E-state index contributed by atoms with van der Waals surface area (Å²) >= 11 is 0. The predicted octanol–water partition coefficient (Wildman–Crippen LogP) is 1.41. The molecule has 0 aliphatic rings. The van der Waals surface area contributed by atoms with Gasteiger partial charge in [0, 0.05) is 43.8 Å². The number of hydrogen-bond acceptors (Lipinski definition) is 5. The number of nitrogens with one attached hydrogen (secondary N) is 1. The average Bonchev–Trinajstić information content (AvgIpc) is 2.92. The number of pyridine rings is 1. The number of aromatic nitrogens is 5. The first kappa shape index (κ1) is 12.7. The van der Waals surface area contributed by atoms with Crippen LogP contribution in [0.25, 0.3) is 5.65 Å². The molecule has 0 fully saturated rings. The summed E-state index contributed by atoms with van der Waals surface area (Å²) in [6, 6.07) is 6.06. The van der Waals surface area contributed by atoms with Crippen LogP contribution in [-0.2, 0) is 6.42 Å². The van der Waals surface area contributed by atoms with Crippen LogP contribution in [0.2, 0.25) is 0 Å². The van der Waals surface area contributed by atoms with Crippen LogP contribution in [0.4, 0.5) is 0 Å². The van der Waals surface area contributed by atoms with Crippen molar-refractivity contribution in [1.82, 2.24) is 29.9 Å². The smallest absolute Gasteiger partial charge is 0.160 e. The molecule has 102 valence electrons. The van der Waals surface area contributed by atoms with E-state index < -0.39 is 0 Å². The van der Waals surface area contributed by atoms with Crippen molar-refractivity contribution < 1.29 is 0 Å². The molecule has 0 bridgehead atoms. The lowest BCUT2D eigenvalue weighted by molar-refractivity contribution is 0.555. The average molecular weight is 268 g/mol. The second kappa shape index (κ2) is 5.75. The molecule has 6 nitrogen and oxygen atoms in total. The lowest BCUT2D eigenvalue weighted by atomic mass is 10.2. The van der Waals surface area contributed by atoms with Gasteiger partial charge < -0.3 is 5.32 Å². The number of fused-ring (bicyclic) bond motifs is 1. The first-order valence-electron chi connectivity index (χ1n) is 6.62. The quantitative estimate of drug-likeness (QED) is 0.758. The third-order valence-electron chi connectivity index (χ3n) is 3.21. The molecule has 3 heterocycles. The highest BCUT2D eigenvalue weighted by atomic mass is 15.2. The van der Waals surface area contributed by atoms with E-state index >= 15 is 0 Å². The molecule has 1 N–H and O–H groups in total. The van der Waals surface area contributed by atoms with Crippen LogP contribution in [0, 0.1) is 0 Å². The minimum atomic E-state index is 0.169. The topological polar surface area (TPSA) is 68.0 Å². The maximum absolute atomic E-state index is 4.29. The van der Waals surface area contributed by atoms with Crippen LogP contribution in [0.1, 0.15) is 24.5 Å². The summed E-state index contributed by atoms with van der Waals surface area (Å²) in [6.07, 6.45) is 7.97. The second-order valence-electron chi connectivity index (χ2n) is 4.60. The standard InChI is InChI=1S/C14H16N6/c1-11(12-10-15-7-8-17-12)16-6-5-14-19-18-13-4-2-3-9-20(13)14/h2-4,7-11,16H,5-6H2,1H3. The van der Waals surface area contributed by atoms with E-state index in [0.717, 1.165) is 30.1 Å². The van der Waals surface area contributed by atoms with Gasteiger partial charge in [-0.25, -0.2) is 0 Å². The first-order chi connectivity index (χ1) is 9.84. The van der Waals surface area contributed by atoms with Crippen LogP contribution in [0.15, 0.2) is 43.0 Å². The SMILES string of the molecule is CC(NCCc1nnc2ccccn12)c1cnccn1. The highest BCUT2D eigenvalue weighted by Gasteiger charge is 2.08. The second-order valence-corrected chi connectivity index (χ2v) is 4.60. The molecule has 0 amide bonds. The molecule has 3 aromatic heterocycles. The molecule has 1 atom stereocenters. The predicted molar refractivity (Wildman–Crippen MR) is 75.1 cm³/mol. The summed E-state index contributed by atoms with van der Waals surface area (Å²) in [7, 11) is 0. The Kier molecular flexibility index (Phi) is 3.64. The van der Waals surface area contributed by atoms with E-state index in [1.54, 1.807) is 18.6 Å². The molecule has 3 aromatic rings. The van der Waals surface area contributed by atoms with Gasteiger partial charge >= 0.3 is 0 Å². The molecule has 3 rings (SSSR count). The minimum absolute atomic E-state index is 0.169. The van der Waals surface area contributed by atoms with Gasteiger partial charge in [0.15, 0.2) is 5.65 Å². The number of hydrogen-bond donors (Lipinski definition) is 1. The molecule has 1 unspecified atom stereocenters. The van der Waals surface area contributed by atoms with Gasteiger partial charge in [-0.05, 0) is 19.1 Å². The fourth-order valence-electron chi connectivity index (χ4n) is 2.10. The molecular formula is C14H16N6. The summed E-state index contributed by atoms with van der Waals surface area (Å²) in [4.78, 5) is 8.36. The fourth-order valence-corrected chi connectivity index (χ4v) is 2.10. The maximum atomic E-state index is 4.29. The van der Waals surface area contributed by atoms with E-state index in [9.17, 15) is 0 Å². The lowest BCUT2D eigenvalue weighted by Crippen LogP contribution is -2.22. The van der Waals surface area contributed by atoms with Crippen molar-refractivity contribution in [3.8, 4) is 0 Å². The zero-order valence-corrected chi connectivity index (χ0v) is 11.3. The van der Waals surface area contributed by atoms with Crippen molar-refractivity contribution >= 4 is 5.65 Å². The van der Waals surface area contributed by atoms with Crippen LogP contribution < -0.4 is 5.32 Å². The zero-order valence-electron chi connectivity index (χ0n) is 11.3. The van der Waals surface area contributed by atoms with Gasteiger partial charge in [-0.1, -0.05) is 6.07 Å². The Balaban J connectivity index is 1.60. The first-order valence-corrected chi connectivity index (χ1v) is 6.62. The van der Waals surface area contributed by atoms with Crippen molar-refractivity contribution in [2.75, 3.05) is 6.54 Å². The van der Waals surface area contributed by atoms with Crippen LogP contribution in [0.3, 0.4) is 0 Å². The highest BCUT2D eigenvalue weighted by molar-refractivity contribution is 5.36. The van der Waals surface area contributed by atoms with Gasteiger partial charge in [0.2, 0.25) is 0 Å². The van der Waals surface area contributed by atoms with Crippen molar-refractivity contribution in [2.45, 2.75) is 19.4 Å². The summed E-state index contributed by atoms with van der Waals surface area (Å²) in [5, 5.41) is 11.8. The van der Waals surface area contributed by atoms with E-state index in [1.165, 1.54) is 0 Å². The van der Waals surface area contributed by atoms with Crippen LogP contribution in [-0.4, -0.2) is 31.1 Å². The fraction of sp³-hybridized carbons (Fsp3) is 0.286. The van der Waals surface area contributed by atoms with Gasteiger partial charge in [-0.3, -0.25) is 14.4 Å². The summed E-state index contributed by atoms with van der Waals surface area (Å²) in [5.41, 5.74) is 1.82. The molecular weight excluding hydrogens is 252 g/mol. The highest BCUT2D eigenvalue weighted by Crippen LogP contribution is 2.07. The Labute approximate surface area is 116 Å². The molecule has 0 aromatic carbocycles. The molecule has 0 saturated heterocycles. The van der Waals surface area contributed by atoms with Gasteiger partial charge in [0.1, 0.15) is 5.82 Å². The molecule has 6 heteroatoms. The minimum Gasteiger partial charge on any atom is -0.308 e. The Morgan fingerprint density at radius 1 is 1.25 bits per heavy atom. The zero-order chi connectivity index (χ0) is 13.8. The summed E-state index contributed by atoms with van der Waals surface area (Å²) in [5.74, 6) is 0.958. The summed E-state index contributed by atoms with van der Waals surface area (Å²) in [6.45, 7) is 2.89. The Morgan fingerprint density at radius 3 is 3.05 bits per heavy atom. The maximum Gasteiger partial charge on any atom is 0.160 e. The van der Waals surface area contributed by atoms with Gasteiger partial charge in [-0.2, -0.15) is 0 Å². The van der Waals surface area contributed by atoms with E-state index in [4.69, 9.17) is 0 Å². The molecule has 0 aliphatic carbocycles. The molecule has 0 spiro atoms. The Hall–Kier alpha value is -2.34. The summed E-state index contributed by atoms with van der Waals surface area (Å²) < 4.78 is 2.01. The lowest BCUT2D eigenvalue weighted by Gasteiger charge is -2.11. The van der Waals surface area contributed by atoms with Crippen molar-refractivity contribution in [3.05, 3.63) is 54.5 Å². The van der Waals surface area contributed by atoms with Crippen molar-refractivity contribution in [2.24, 2.45) is 0 Å². The van der Waals surface area contributed by atoms with Gasteiger partial charge in [-0.15, -0.1) is 10.2 Å². The monoisotopic (exact) mass is 268 g/mol. The van der Waals surface area contributed by atoms with Crippen molar-refractivity contribution in [1.29, 1.82) is 0 Å². The van der Waals surface area contributed by atoms with Crippen molar-refractivity contribution in [3.63, 3.8) is 0 Å². The molecule has 0 radical (unpaired) electrons. The molecule has 0 aliphatic heterocycles. The molecule has 20 heavy (non-hydrogen) atoms. The van der Waals surface area contributed by atoms with E-state index in [2.05, 4.69) is 32.4 Å². The van der Waals surface area contributed by atoms with Crippen LogP contribution >= 0.6 is 0 Å². The third-order valence-corrected chi connectivity index (χ3v) is 3.21. The van der Waals surface area contributed by atoms with E-state index in [1.807, 2.05) is 28.8 Å². The number of nitrogens with zero attached hydrogens (tertiary/aromatic N) is 5. The number of rotatable bonds is 5. The van der Waals surface area contributed by atoms with E-state index in [-0.39, 0.29) is 6.04 Å². The Morgan fingerprint density at radius 2 is 2.20 bits per heavy atom. The Bertz CT molecular complexity index is 678. The largest absolute Gasteiger partial charge is 0.308 e. The third kappa shape index (κ3) is 2.65. The molecule has 0 saturated carbocycles. The normalized spacial score (nSPS) is 12.7. The van der Waals surface area contributed by atoms with Gasteiger partial charge in [0.05, 0.1) is 5.69 Å². The van der Waals surface area contributed by atoms with Gasteiger partial charge in [0.25, 0.3) is 0 Å².